The van der Waals surface area contributed by atoms with E-state index in [1.54, 1.807) is 24.3 Å². The first-order chi connectivity index (χ1) is 8.34. The van der Waals surface area contributed by atoms with Gasteiger partial charge in [0.05, 0.1) is 29.8 Å². The van der Waals surface area contributed by atoms with E-state index in [1.165, 1.54) is 11.4 Å². The number of nitrogens with zero attached hydrogens (tertiary/aromatic N) is 1. The van der Waals surface area contributed by atoms with Crippen molar-refractivity contribution >= 4 is 21.4 Å². The topological polar surface area (TPSA) is 72.6 Å². The summed E-state index contributed by atoms with van der Waals surface area (Å²) in [7, 11) is -1.91. The van der Waals surface area contributed by atoms with Crippen molar-refractivity contribution in [1.29, 1.82) is 0 Å². The highest BCUT2D eigenvalue weighted by Gasteiger charge is 2.19. The van der Waals surface area contributed by atoms with E-state index in [-0.39, 0.29) is 18.5 Å². The molecule has 1 rings (SSSR count). The fourth-order valence-corrected chi connectivity index (χ4v) is 2.50. The van der Waals surface area contributed by atoms with Gasteiger partial charge in [0, 0.05) is 7.05 Å². The highest BCUT2D eigenvalue weighted by atomic mass is 32.2. The Labute approximate surface area is 109 Å². The third-order valence-corrected chi connectivity index (χ3v) is 4.20. The van der Waals surface area contributed by atoms with Crippen LogP contribution in [0.2, 0.25) is 0 Å². The summed E-state index contributed by atoms with van der Waals surface area (Å²) in [5.74, 6) is -0.0595. The normalized spacial score (nSPS) is 11.8. The molecule has 0 unspecified atom stereocenters. The molecule has 0 aliphatic carbocycles. The molecule has 0 saturated heterocycles. The van der Waals surface area contributed by atoms with Crippen LogP contribution < -0.4 is 10.0 Å². The van der Waals surface area contributed by atoms with Crippen LogP contribution in [0.1, 0.15) is 13.8 Å². The summed E-state index contributed by atoms with van der Waals surface area (Å²) < 4.78 is 30.6. The van der Waals surface area contributed by atoms with Gasteiger partial charge in [0.25, 0.3) is 0 Å². The van der Waals surface area contributed by atoms with Gasteiger partial charge in [0.15, 0.2) is 0 Å². The summed E-state index contributed by atoms with van der Waals surface area (Å²) in [6, 6.07) is 6.87. The number of rotatable bonds is 6. The third kappa shape index (κ3) is 3.89. The molecule has 0 amide bonds. The Bertz CT molecular complexity index is 486. The van der Waals surface area contributed by atoms with Crippen LogP contribution in [0.3, 0.4) is 0 Å². The molecule has 2 N–H and O–H groups in total. The third-order valence-electron chi connectivity index (χ3n) is 2.49. The van der Waals surface area contributed by atoms with Gasteiger partial charge in [-0.1, -0.05) is 12.1 Å². The van der Waals surface area contributed by atoms with E-state index in [1.807, 2.05) is 13.8 Å². The average Bonchev–Trinajstić information content (AvgIpc) is 2.28. The number of para-hydroxylation sites is 2. The van der Waals surface area contributed by atoms with Crippen molar-refractivity contribution in [3.63, 3.8) is 0 Å². The Hall–Kier alpha value is -1.27. The Balaban J connectivity index is 2.76. The van der Waals surface area contributed by atoms with Gasteiger partial charge >= 0.3 is 0 Å². The molecule has 1 aromatic rings. The number of ether oxygens (including phenoxy) is 1. The molecule has 0 spiro atoms. The van der Waals surface area contributed by atoms with Gasteiger partial charge in [-0.05, 0) is 26.0 Å². The number of hydrogen-bond donors (Lipinski definition) is 1. The first kappa shape index (κ1) is 14.8. The van der Waals surface area contributed by atoms with Crippen LogP contribution in [0.5, 0.6) is 0 Å². The lowest BCUT2D eigenvalue weighted by atomic mass is 10.3. The van der Waals surface area contributed by atoms with E-state index in [2.05, 4.69) is 0 Å². The minimum absolute atomic E-state index is 0.0206. The van der Waals surface area contributed by atoms with Crippen LogP contribution in [0.15, 0.2) is 24.3 Å². The zero-order valence-corrected chi connectivity index (χ0v) is 11.8. The molecule has 0 aliphatic heterocycles. The van der Waals surface area contributed by atoms with Gasteiger partial charge in [0.2, 0.25) is 10.0 Å². The van der Waals surface area contributed by atoms with Gasteiger partial charge < -0.3 is 10.5 Å². The quantitative estimate of drug-likeness (QED) is 0.796. The number of sulfonamides is 1. The summed E-state index contributed by atoms with van der Waals surface area (Å²) in [5.41, 5.74) is 6.68. The Morgan fingerprint density at radius 1 is 1.33 bits per heavy atom. The number of nitrogens with two attached hydrogens (primary N) is 1. The molecule has 0 atom stereocenters. The molecule has 0 heterocycles. The molecular weight excluding hydrogens is 252 g/mol. The number of benzene rings is 1. The summed E-state index contributed by atoms with van der Waals surface area (Å²) >= 11 is 0. The number of anilines is 2. The molecule has 0 bridgehead atoms. The summed E-state index contributed by atoms with van der Waals surface area (Å²) in [6.45, 7) is 3.91. The van der Waals surface area contributed by atoms with Crippen molar-refractivity contribution in [3.8, 4) is 0 Å². The Morgan fingerprint density at radius 2 is 1.94 bits per heavy atom. The molecule has 18 heavy (non-hydrogen) atoms. The first-order valence-electron chi connectivity index (χ1n) is 5.77. The lowest BCUT2D eigenvalue weighted by molar-refractivity contribution is 0.0912. The highest BCUT2D eigenvalue weighted by Crippen LogP contribution is 2.23. The molecule has 0 aliphatic rings. The van der Waals surface area contributed by atoms with Crippen molar-refractivity contribution < 1.29 is 13.2 Å². The van der Waals surface area contributed by atoms with E-state index in [0.29, 0.717) is 11.4 Å². The maximum absolute atomic E-state index is 12.1. The lowest BCUT2D eigenvalue weighted by Gasteiger charge is -2.21. The van der Waals surface area contributed by atoms with Gasteiger partial charge in [-0.15, -0.1) is 0 Å². The second kappa shape index (κ2) is 6.06. The molecule has 6 heteroatoms. The molecule has 5 nitrogen and oxygen atoms in total. The van der Waals surface area contributed by atoms with Crippen LogP contribution in [-0.2, 0) is 14.8 Å². The van der Waals surface area contributed by atoms with Crippen molar-refractivity contribution in [1.82, 2.24) is 0 Å². The second-order valence-corrected chi connectivity index (χ2v) is 6.38. The fraction of sp³-hybridized carbons (Fsp3) is 0.500. The SMILES string of the molecule is CC(C)OCCS(=O)(=O)N(C)c1ccccc1N. The van der Waals surface area contributed by atoms with Crippen molar-refractivity contribution in [2.24, 2.45) is 0 Å². The Kier molecular flexibility index (Phi) is 4.98. The van der Waals surface area contributed by atoms with Crippen molar-refractivity contribution in [2.75, 3.05) is 29.4 Å². The van der Waals surface area contributed by atoms with Crippen LogP contribution in [0.4, 0.5) is 11.4 Å². The van der Waals surface area contributed by atoms with Crippen LogP contribution in [-0.4, -0.2) is 33.9 Å². The number of nitrogen functional groups attached to an aromatic ring is 1. The summed E-state index contributed by atoms with van der Waals surface area (Å²) in [4.78, 5) is 0. The highest BCUT2D eigenvalue weighted by molar-refractivity contribution is 7.92. The zero-order valence-electron chi connectivity index (χ0n) is 11.0. The standard InChI is InChI=1S/C12H20N2O3S/c1-10(2)17-8-9-18(15,16)14(3)12-7-5-4-6-11(12)13/h4-7,10H,8-9,13H2,1-3H3. The van der Waals surface area contributed by atoms with Gasteiger partial charge in [0.1, 0.15) is 0 Å². The largest absolute Gasteiger partial charge is 0.397 e. The monoisotopic (exact) mass is 272 g/mol. The Morgan fingerprint density at radius 3 is 2.50 bits per heavy atom. The van der Waals surface area contributed by atoms with E-state index in [9.17, 15) is 8.42 Å². The predicted molar refractivity (Wildman–Crippen MR) is 74.1 cm³/mol. The zero-order chi connectivity index (χ0) is 13.8. The van der Waals surface area contributed by atoms with Gasteiger partial charge in [-0.3, -0.25) is 4.31 Å². The van der Waals surface area contributed by atoms with E-state index >= 15 is 0 Å². The predicted octanol–water partition coefficient (Wildman–Crippen LogP) is 1.46. The van der Waals surface area contributed by atoms with Crippen LogP contribution >= 0.6 is 0 Å². The fourth-order valence-electron chi connectivity index (χ4n) is 1.45. The molecule has 0 radical (unpaired) electrons. The summed E-state index contributed by atoms with van der Waals surface area (Å²) in [6.07, 6.45) is 0.0206. The molecule has 1 aromatic carbocycles. The average molecular weight is 272 g/mol. The van der Waals surface area contributed by atoms with Crippen molar-refractivity contribution in [2.45, 2.75) is 20.0 Å². The molecular formula is C12H20N2O3S. The molecule has 0 fully saturated rings. The lowest BCUT2D eigenvalue weighted by Crippen LogP contribution is -2.31. The molecule has 0 aromatic heterocycles. The maximum Gasteiger partial charge on any atom is 0.237 e. The van der Waals surface area contributed by atoms with E-state index in [0.717, 1.165) is 0 Å². The molecule has 0 saturated carbocycles. The van der Waals surface area contributed by atoms with Gasteiger partial charge in [-0.2, -0.15) is 0 Å². The minimum Gasteiger partial charge on any atom is -0.397 e. The number of hydrogen-bond acceptors (Lipinski definition) is 4. The van der Waals surface area contributed by atoms with E-state index < -0.39 is 10.0 Å². The smallest absolute Gasteiger partial charge is 0.237 e. The first-order valence-corrected chi connectivity index (χ1v) is 7.38. The summed E-state index contributed by atoms with van der Waals surface area (Å²) in [5, 5.41) is 0. The van der Waals surface area contributed by atoms with E-state index in [4.69, 9.17) is 10.5 Å². The van der Waals surface area contributed by atoms with Crippen LogP contribution in [0.25, 0.3) is 0 Å². The molecule has 102 valence electrons. The second-order valence-electron chi connectivity index (χ2n) is 4.26. The minimum atomic E-state index is -3.40. The van der Waals surface area contributed by atoms with Gasteiger partial charge in [-0.25, -0.2) is 8.42 Å². The van der Waals surface area contributed by atoms with Crippen molar-refractivity contribution in [3.05, 3.63) is 24.3 Å². The maximum atomic E-state index is 12.1. The van der Waals surface area contributed by atoms with Crippen LogP contribution in [0, 0.1) is 0 Å².